The molecule has 0 aliphatic carbocycles. The largest absolute Gasteiger partial charge is 0.352 e. The van der Waals surface area contributed by atoms with E-state index in [0.29, 0.717) is 28.3 Å². The van der Waals surface area contributed by atoms with Gasteiger partial charge in [-0.3, -0.25) is 4.52 Å². The van der Waals surface area contributed by atoms with Gasteiger partial charge in [0, 0.05) is 19.8 Å². The Morgan fingerprint density at radius 1 is 0.917 bits per heavy atom. The Bertz CT molecular complexity index is 455. The molecule has 0 saturated carbocycles. The molecule has 0 radical (unpaired) electrons. The standard InChI is InChI=1S/C12H28N3O6P3/c1-7-16-10(4)19-14-22-13-23-15(20-11(5)17-8-2)24(14)21-12(6)18-9-3/h10-12,22H,7-9H2,1-6H3. The molecule has 5 unspecified atom stereocenters. The summed E-state index contributed by atoms with van der Waals surface area (Å²) in [6.45, 7) is 12.9. The molecular weight excluding hydrogens is 375 g/mol. The molecule has 1 aromatic heterocycles. The van der Waals surface area contributed by atoms with E-state index in [1.54, 1.807) is 8.51 Å². The second-order valence-electron chi connectivity index (χ2n) is 4.45. The van der Waals surface area contributed by atoms with E-state index in [1.165, 1.54) is 0 Å². The summed E-state index contributed by atoms with van der Waals surface area (Å²) in [4.78, 5) is 11.6. The summed E-state index contributed by atoms with van der Waals surface area (Å²) in [5.41, 5.74) is 0. The number of hydrogen-bond donors (Lipinski definition) is 0. The summed E-state index contributed by atoms with van der Waals surface area (Å²) < 4.78 is 30.0. The Labute approximate surface area is 147 Å². The summed E-state index contributed by atoms with van der Waals surface area (Å²) in [7, 11) is -0.661. The topological polar surface area (TPSA) is 78.1 Å². The molecule has 0 aromatic carbocycles. The lowest BCUT2D eigenvalue weighted by molar-refractivity contribution is -0.127. The van der Waals surface area contributed by atoms with Gasteiger partial charge in [-0.2, -0.15) is 4.51 Å². The van der Waals surface area contributed by atoms with Crippen LogP contribution in [-0.2, 0) is 14.2 Å². The van der Waals surface area contributed by atoms with E-state index in [1.807, 2.05) is 41.5 Å². The second kappa shape index (κ2) is 12.4. The lowest BCUT2D eigenvalue weighted by atomic mass is 10.7. The fourth-order valence-corrected chi connectivity index (χ4v) is 6.10. The number of nitrogens with zero attached hydrogens (tertiary/aromatic N) is 3. The molecule has 0 amide bonds. The zero-order chi connectivity index (χ0) is 17.9. The molecule has 0 fully saturated rings. The second-order valence-corrected chi connectivity index (χ2v) is 8.54. The van der Waals surface area contributed by atoms with Crippen LogP contribution in [0.25, 0.3) is 0 Å². The molecule has 0 bridgehead atoms. The molecule has 0 aliphatic rings. The van der Waals surface area contributed by atoms with Crippen molar-refractivity contribution >= 4 is 25.1 Å². The molecule has 24 heavy (non-hydrogen) atoms. The van der Waals surface area contributed by atoms with Gasteiger partial charge in [-0.1, -0.05) is 0 Å². The highest BCUT2D eigenvalue weighted by atomic mass is 31.2. The van der Waals surface area contributed by atoms with Gasteiger partial charge in [-0.15, -0.1) is 8.51 Å². The lowest BCUT2D eigenvalue weighted by Gasteiger charge is -2.23. The molecule has 1 aromatic rings. The van der Waals surface area contributed by atoms with Crippen molar-refractivity contribution < 1.29 is 28.4 Å². The third-order valence-corrected chi connectivity index (χ3v) is 6.49. The van der Waals surface area contributed by atoms with Gasteiger partial charge in [0.2, 0.25) is 8.08 Å². The quantitative estimate of drug-likeness (QED) is 0.497. The van der Waals surface area contributed by atoms with Gasteiger partial charge >= 0.3 is 0 Å². The van der Waals surface area contributed by atoms with Crippen LogP contribution >= 0.6 is 25.1 Å². The van der Waals surface area contributed by atoms with Gasteiger partial charge in [-0.25, -0.2) is 9.68 Å². The van der Waals surface area contributed by atoms with Gasteiger partial charge in [0.1, 0.15) is 0 Å². The third-order valence-electron chi connectivity index (χ3n) is 2.49. The van der Waals surface area contributed by atoms with Crippen LogP contribution < -0.4 is 14.2 Å². The minimum absolute atomic E-state index is 0.0850. The Hall–Kier alpha value is 0.0600. The van der Waals surface area contributed by atoms with Crippen molar-refractivity contribution in [1.82, 2.24) is 13.0 Å². The normalized spacial score (nSPS) is 16.7. The van der Waals surface area contributed by atoms with Crippen molar-refractivity contribution in [3.8, 4) is 0 Å². The molecular formula is C12H28N3O6P3. The number of ether oxygens (including phenoxy) is 3. The average molecular weight is 403 g/mol. The third kappa shape index (κ3) is 7.96. The van der Waals surface area contributed by atoms with Gasteiger partial charge in [0.25, 0.3) is 0 Å². The van der Waals surface area contributed by atoms with E-state index in [2.05, 4.69) is 4.51 Å². The fourth-order valence-electron chi connectivity index (χ4n) is 1.65. The molecule has 1 rings (SSSR count). The van der Waals surface area contributed by atoms with Gasteiger partial charge in [0.05, 0.1) is 8.51 Å². The summed E-state index contributed by atoms with van der Waals surface area (Å²) in [5.74, 6) is 0. The molecule has 9 nitrogen and oxygen atoms in total. The van der Waals surface area contributed by atoms with Crippen molar-refractivity contribution in [2.24, 2.45) is 0 Å². The van der Waals surface area contributed by atoms with Crippen molar-refractivity contribution in [2.45, 2.75) is 60.4 Å². The first kappa shape index (κ1) is 22.1. The molecule has 12 heteroatoms. The molecule has 0 spiro atoms. The number of rotatable bonds is 12. The lowest BCUT2D eigenvalue weighted by Crippen LogP contribution is -2.29. The number of hydrogen-bond acceptors (Lipinski definition) is 7. The van der Waals surface area contributed by atoms with E-state index < -0.39 is 26.9 Å². The highest BCUT2D eigenvalue weighted by molar-refractivity contribution is 7.51. The first-order valence-corrected chi connectivity index (χ1v) is 10.8. The molecule has 0 N–H and O–H groups in total. The van der Waals surface area contributed by atoms with E-state index in [4.69, 9.17) is 28.4 Å². The van der Waals surface area contributed by atoms with Crippen LogP contribution in [0, 0.1) is 0 Å². The van der Waals surface area contributed by atoms with E-state index in [-0.39, 0.29) is 8.51 Å². The zero-order valence-electron chi connectivity index (χ0n) is 15.0. The number of aromatic nitrogens is 3. The minimum Gasteiger partial charge on any atom is -0.352 e. The monoisotopic (exact) mass is 403 g/mol. The first-order valence-electron chi connectivity index (χ1n) is 7.93. The molecule has 0 aliphatic heterocycles. The predicted molar refractivity (Wildman–Crippen MR) is 95.6 cm³/mol. The zero-order valence-corrected chi connectivity index (χ0v) is 17.8. The van der Waals surface area contributed by atoms with Crippen LogP contribution in [0.15, 0.2) is 0 Å². The molecule has 0 saturated heterocycles. The van der Waals surface area contributed by atoms with Crippen LogP contribution in [0.2, 0.25) is 0 Å². The minimum atomic E-state index is -1.39. The first-order chi connectivity index (χ1) is 11.5. The summed E-state index contributed by atoms with van der Waals surface area (Å²) in [6, 6.07) is 0. The Balaban J connectivity index is 3.02. The van der Waals surface area contributed by atoms with Crippen LogP contribution in [-0.4, -0.2) is 51.7 Å². The average Bonchev–Trinajstić information content (AvgIpc) is 2.51. The maximum Gasteiger partial charge on any atom is 0.239 e. The summed E-state index contributed by atoms with van der Waals surface area (Å²) in [6.07, 6.45) is -1.22. The maximum absolute atomic E-state index is 5.99. The van der Waals surface area contributed by atoms with E-state index in [0.717, 1.165) is 0 Å². The predicted octanol–water partition coefficient (Wildman–Crippen LogP) is 2.84. The van der Waals surface area contributed by atoms with Crippen molar-refractivity contribution in [3.63, 3.8) is 0 Å². The Morgan fingerprint density at radius 2 is 1.46 bits per heavy atom. The van der Waals surface area contributed by atoms with Gasteiger partial charge < -0.3 is 14.2 Å². The summed E-state index contributed by atoms with van der Waals surface area (Å²) >= 11 is 0. The van der Waals surface area contributed by atoms with Gasteiger partial charge in [-0.05, 0) is 41.5 Å². The SMILES string of the molecule is CCOC(C)On1pn[pH]n(OC(C)OCC)p1OC(C)OCC. The fraction of sp³-hybridized carbons (Fsp3) is 1.00. The summed E-state index contributed by atoms with van der Waals surface area (Å²) in [5, 5.41) is 0. The highest BCUT2D eigenvalue weighted by Gasteiger charge is 2.17. The smallest absolute Gasteiger partial charge is 0.239 e. The molecule has 142 valence electrons. The van der Waals surface area contributed by atoms with Crippen LogP contribution in [0.5, 0.6) is 0 Å². The molecule has 5 atom stereocenters. The van der Waals surface area contributed by atoms with E-state index >= 15 is 0 Å². The Morgan fingerprint density at radius 3 is 2.04 bits per heavy atom. The van der Waals surface area contributed by atoms with Crippen LogP contribution in [0.3, 0.4) is 0 Å². The van der Waals surface area contributed by atoms with Crippen molar-refractivity contribution in [1.29, 1.82) is 0 Å². The Kier molecular flexibility index (Phi) is 11.4. The van der Waals surface area contributed by atoms with Crippen LogP contribution in [0.1, 0.15) is 41.5 Å². The molecule has 1 heterocycles. The maximum atomic E-state index is 5.99. The van der Waals surface area contributed by atoms with E-state index in [9.17, 15) is 0 Å². The highest BCUT2D eigenvalue weighted by Crippen LogP contribution is 2.31. The van der Waals surface area contributed by atoms with Crippen LogP contribution in [0.4, 0.5) is 0 Å². The van der Waals surface area contributed by atoms with Crippen molar-refractivity contribution in [2.75, 3.05) is 19.8 Å². The van der Waals surface area contributed by atoms with Gasteiger partial charge in [0.15, 0.2) is 27.4 Å². The van der Waals surface area contributed by atoms with Crippen molar-refractivity contribution in [3.05, 3.63) is 0 Å².